The van der Waals surface area contributed by atoms with Crippen molar-refractivity contribution in [2.45, 2.75) is 38.6 Å². The van der Waals surface area contributed by atoms with E-state index in [0.717, 1.165) is 50.3 Å². The molecule has 0 unspecified atom stereocenters. The van der Waals surface area contributed by atoms with Gasteiger partial charge < -0.3 is 16.0 Å². The second-order valence-electron chi connectivity index (χ2n) is 7.05. The van der Waals surface area contributed by atoms with Gasteiger partial charge in [-0.05, 0) is 56.2 Å². The van der Waals surface area contributed by atoms with Crippen LogP contribution in [0, 0.1) is 18.8 Å². The summed E-state index contributed by atoms with van der Waals surface area (Å²) < 4.78 is 0. The zero-order chi connectivity index (χ0) is 16.4. The fourth-order valence-corrected chi connectivity index (χ4v) is 3.95. The number of aryl methyl sites for hydroxylation is 1. The van der Waals surface area contributed by atoms with Crippen molar-refractivity contribution in [2.24, 2.45) is 17.6 Å². The summed E-state index contributed by atoms with van der Waals surface area (Å²) in [6, 6.07) is 6.24. The van der Waals surface area contributed by atoms with Crippen LogP contribution in [0.15, 0.2) is 18.2 Å². The fourth-order valence-electron chi connectivity index (χ4n) is 3.79. The Labute approximate surface area is 143 Å². The van der Waals surface area contributed by atoms with Gasteiger partial charge in [-0.1, -0.05) is 17.7 Å². The van der Waals surface area contributed by atoms with Crippen LogP contribution in [-0.4, -0.2) is 31.6 Å². The van der Waals surface area contributed by atoms with Crippen LogP contribution < -0.4 is 16.0 Å². The molecule has 0 radical (unpaired) electrons. The lowest BCUT2D eigenvalue weighted by atomic mass is 10.1. The summed E-state index contributed by atoms with van der Waals surface area (Å²) in [5.41, 5.74) is 8.36. The molecule has 0 bridgehead atoms. The van der Waals surface area contributed by atoms with Gasteiger partial charge >= 0.3 is 0 Å². The Morgan fingerprint density at radius 3 is 2.96 bits per heavy atom. The van der Waals surface area contributed by atoms with E-state index in [9.17, 15) is 4.79 Å². The normalized spacial score (nSPS) is 27.4. The number of halogens is 1. The van der Waals surface area contributed by atoms with Gasteiger partial charge in [-0.3, -0.25) is 4.79 Å². The minimum absolute atomic E-state index is 0.123. The highest BCUT2D eigenvalue weighted by molar-refractivity contribution is 6.30. The predicted molar refractivity (Wildman–Crippen MR) is 94.8 cm³/mol. The van der Waals surface area contributed by atoms with Crippen molar-refractivity contribution in [2.75, 3.05) is 24.5 Å². The molecular formula is C18H26ClN3O. The minimum Gasteiger partial charge on any atom is -0.371 e. The molecule has 0 spiro atoms. The summed E-state index contributed by atoms with van der Waals surface area (Å²) in [6.07, 6.45) is 3.86. The first-order valence-corrected chi connectivity index (χ1v) is 8.95. The molecule has 2 fully saturated rings. The van der Waals surface area contributed by atoms with E-state index in [4.69, 9.17) is 17.3 Å². The summed E-state index contributed by atoms with van der Waals surface area (Å²) in [5, 5.41) is 3.92. The van der Waals surface area contributed by atoms with Gasteiger partial charge in [-0.15, -0.1) is 0 Å². The topological polar surface area (TPSA) is 58.4 Å². The van der Waals surface area contributed by atoms with E-state index in [0.29, 0.717) is 5.92 Å². The molecule has 5 heteroatoms. The molecule has 1 amide bonds. The van der Waals surface area contributed by atoms with Crippen molar-refractivity contribution in [1.29, 1.82) is 0 Å². The molecule has 23 heavy (non-hydrogen) atoms. The average molecular weight is 336 g/mol. The molecular weight excluding hydrogens is 310 g/mol. The number of rotatable bonds is 4. The van der Waals surface area contributed by atoms with E-state index < -0.39 is 0 Å². The van der Waals surface area contributed by atoms with Crippen molar-refractivity contribution in [1.82, 2.24) is 5.32 Å². The smallest absolute Gasteiger partial charge is 0.223 e. The number of nitrogens with two attached hydrogens (primary N) is 1. The molecule has 4 nitrogen and oxygen atoms in total. The van der Waals surface area contributed by atoms with Gasteiger partial charge in [0.15, 0.2) is 0 Å². The van der Waals surface area contributed by atoms with Crippen LogP contribution in [0.2, 0.25) is 5.02 Å². The van der Waals surface area contributed by atoms with E-state index >= 15 is 0 Å². The van der Waals surface area contributed by atoms with Crippen molar-refractivity contribution in [3.05, 3.63) is 28.8 Å². The summed E-state index contributed by atoms with van der Waals surface area (Å²) in [6.45, 7) is 4.88. The average Bonchev–Trinajstić information content (AvgIpc) is 3.16. The van der Waals surface area contributed by atoms with Crippen LogP contribution in [0.25, 0.3) is 0 Å². The van der Waals surface area contributed by atoms with Crippen LogP contribution >= 0.6 is 11.6 Å². The van der Waals surface area contributed by atoms with Gasteiger partial charge in [0.25, 0.3) is 0 Å². The van der Waals surface area contributed by atoms with Gasteiger partial charge in [0.1, 0.15) is 0 Å². The number of hydrogen-bond acceptors (Lipinski definition) is 3. The zero-order valence-corrected chi connectivity index (χ0v) is 14.5. The second-order valence-corrected chi connectivity index (χ2v) is 7.48. The first-order chi connectivity index (χ1) is 11.0. The number of carbonyl (C=O) groups is 1. The molecule has 0 aromatic heterocycles. The van der Waals surface area contributed by atoms with Gasteiger partial charge in [0, 0.05) is 42.3 Å². The zero-order valence-electron chi connectivity index (χ0n) is 13.7. The first-order valence-electron chi connectivity index (χ1n) is 8.57. The molecule has 3 rings (SSSR count). The maximum Gasteiger partial charge on any atom is 0.223 e. The van der Waals surface area contributed by atoms with Crippen molar-refractivity contribution in [3.8, 4) is 0 Å². The summed E-state index contributed by atoms with van der Waals surface area (Å²) >= 11 is 6.12. The number of amides is 1. The van der Waals surface area contributed by atoms with Gasteiger partial charge in [0.05, 0.1) is 0 Å². The summed E-state index contributed by atoms with van der Waals surface area (Å²) in [5.74, 6) is 0.820. The van der Waals surface area contributed by atoms with Crippen LogP contribution in [-0.2, 0) is 4.79 Å². The Morgan fingerprint density at radius 2 is 2.22 bits per heavy atom. The number of carbonyl (C=O) groups excluding carboxylic acids is 1. The minimum atomic E-state index is 0.123. The lowest BCUT2D eigenvalue weighted by Crippen LogP contribution is -2.35. The second kappa shape index (κ2) is 7.10. The van der Waals surface area contributed by atoms with Crippen LogP contribution in [0.4, 0.5) is 5.69 Å². The van der Waals surface area contributed by atoms with Crippen molar-refractivity contribution < 1.29 is 4.79 Å². The predicted octanol–water partition coefficient (Wildman–Crippen LogP) is 2.72. The number of anilines is 1. The molecule has 1 aromatic rings. The Balaban J connectivity index is 1.50. The maximum absolute atomic E-state index is 12.2. The van der Waals surface area contributed by atoms with Gasteiger partial charge in [0.2, 0.25) is 5.91 Å². The highest BCUT2D eigenvalue weighted by Crippen LogP contribution is 2.29. The molecule has 1 saturated heterocycles. The van der Waals surface area contributed by atoms with Gasteiger partial charge in [-0.2, -0.15) is 0 Å². The molecule has 2 aliphatic rings. The largest absolute Gasteiger partial charge is 0.371 e. The third kappa shape index (κ3) is 3.99. The highest BCUT2D eigenvalue weighted by atomic mass is 35.5. The lowest BCUT2D eigenvalue weighted by Gasteiger charge is -2.21. The molecule has 1 aromatic carbocycles. The van der Waals surface area contributed by atoms with Crippen LogP contribution in [0.1, 0.15) is 31.2 Å². The third-order valence-corrected chi connectivity index (χ3v) is 5.44. The number of nitrogens with zero attached hydrogens (tertiary/aromatic N) is 1. The summed E-state index contributed by atoms with van der Waals surface area (Å²) in [7, 11) is 0. The molecule has 3 N–H and O–H groups in total. The number of nitrogens with one attached hydrogen (secondary N) is 1. The van der Waals surface area contributed by atoms with E-state index in [2.05, 4.69) is 23.2 Å². The van der Waals surface area contributed by atoms with Crippen LogP contribution in [0.3, 0.4) is 0 Å². The molecule has 126 valence electrons. The SMILES string of the molecule is Cc1ccc(Cl)cc1N1CC[C@H](CNC(=O)[C@H]2CC[C@@H](N)C2)C1. The Bertz CT molecular complexity index is 577. The fraction of sp³-hybridized carbons (Fsp3) is 0.611. The summed E-state index contributed by atoms with van der Waals surface area (Å²) in [4.78, 5) is 14.6. The van der Waals surface area contributed by atoms with Crippen molar-refractivity contribution >= 4 is 23.2 Å². The first kappa shape index (κ1) is 16.6. The Hall–Kier alpha value is -1.26. The van der Waals surface area contributed by atoms with E-state index in [-0.39, 0.29) is 17.9 Å². The lowest BCUT2D eigenvalue weighted by molar-refractivity contribution is -0.125. The third-order valence-electron chi connectivity index (χ3n) is 5.21. The van der Waals surface area contributed by atoms with Crippen molar-refractivity contribution in [3.63, 3.8) is 0 Å². The molecule has 1 saturated carbocycles. The van der Waals surface area contributed by atoms with E-state index in [1.165, 1.54) is 11.3 Å². The standard InChI is InChI=1S/C18H26ClN3O/c1-12-2-4-15(19)9-17(12)22-7-6-13(11-22)10-21-18(23)14-3-5-16(20)8-14/h2,4,9,13-14,16H,3,5-8,10-11,20H2,1H3,(H,21,23)/t13-,14+,16-/m1/s1. The van der Waals surface area contributed by atoms with E-state index in [1.807, 2.05) is 12.1 Å². The number of benzene rings is 1. The van der Waals surface area contributed by atoms with Crippen LogP contribution in [0.5, 0.6) is 0 Å². The quantitative estimate of drug-likeness (QED) is 0.889. The Morgan fingerprint density at radius 1 is 1.39 bits per heavy atom. The Kier molecular flexibility index (Phi) is 5.12. The molecule has 3 atom stereocenters. The number of hydrogen-bond donors (Lipinski definition) is 2. The van der Waals surface area contributed by atoms with Gasteiger partial charge in [-0.25, -0.2) is 0 Å². The monoisotopic (exact) mass is 335 g/mol. The molecule has 1 aliphatic carbocycles. The molecule has 1 heterocycles. The maximum atomic E-state index is 12.2. The highest BCUT2D eigenvalue weighted by Gasteiger charge is 2.29. The molecule has 1 aliphatic heterocycles. The van der Waals surface area contributed by atoms with E-state index in [1.54, 1.807) is 0 Å².